The summed E-state index contributed by atoms with van der Waals surface area (Å²) in [6, 6.07) is 18.1. The molecule has 0 saturated carbocycles. The number of hydrogen-bond acceptors (Lipinski definition) is 3. The smallest absolute Gasteiger partial charge is 0.234 e. The normalized spacial score (nSPS) is 10.6. The first-order chi connectivity index (χ1) is 11.2. The molecular weight excluding hydrogens is 288 g/mol. The Labute approximate surface area is 138 Å². The van der Waals surface area contributed by atoms with Crippen LogP contribution in [0.2, 0.25) is 0 Å². The van der Waals surface area contributed by atoms with Crippen LogP contribution < -0.4 is 10.1 Å². The summed E-state index contributed by atoms with van der Waals surface area (Å²) < 4.78 is 5.13. The lowest BCUT2D eigenvalue weighted by molar-refractivity contribution is -0.122. The standard InChI is InChI=1S/C19H24N2O2/c1-21(14-17-6-4-3-5-7-17)15-19(22)20-13-12-16-8-10-18(23-2)11-9-16/h3-11H,12-15H2,1-2H3,(H,20,22). The molecule has 0 aliphatic rings. The van der Waals surface area contributed by atoms with E-state index in [0.29, 0.717) is 13.1 Å². The van der Waals surface area contributed by atoms with Gasteiger partial charge in [0.05, 0.1) is 13.7 Å². The van der Waals surface area contributed by atoms with Crippen molar-refractivity contribution < 1.29 is 9.53 Å². The van der Waals surface area contributed by atoms with E-state index in [1.165, 1.54) is 11.1 Å². The van der Waals surface area contributed by atoms with Crippen LogP contribution >= 0.6 is 0 Å². The number of amides is 1. The molecule has 1 amide bonds. The van der Waals surface area contributed by atoms with Crippen LogP contribution in [0, 0.1) is 0 Å². The van der Waals surface area contributed by atoms with E-state index in [9.17, 15) is 4.79 Å². The quantitative estimate of drug-likeness (QED) is 0.814. The van der Waals surface area contributed by atoms with Crippen molar-refractivity contribution in [3.05, 3.63) is 65.7 Å². The Kier molecular flexibility index (Phi) is 6.63. The molecule has 0 fully saturated rings. The highest BCUT2D eigenvalue weighted by molar-refractivity contribution is 5.77. The molecule has 2 aromatic rings. The second-order valence-corrected chi connectivity index (χ2v) is 5.61. The second kappa shape index (κ2) is 8.96. The van der Waals surface area contributed by atoms with Gasteiger partial charge in [0.15, 0.2) is 0 Å². The molecule has 0 aliphatic carbocycles. The summed E-state index contributed by atoms with van der Waals surface area (Å²) in [5, 5.41) is 2.96. The van der Waals surface area contributed by atoms with Crippen molar-refractivity contribution in [2.24, 2.45) is 0 Å². The number of ether oxygens (including phenoxy) is 1. The van der Waals surface area contributed by atoms with Crippen molar-refractivity contribution in [3.8, 4) is 5.75 Å². The SMILES string of the molecule is COc1ccc(CCNC(=O)CN(C)Cc2ccccc2)cc1. The van der Waals surface area contributed by atoms with E-state index in [1.54, 1.807) is 7.11 Å². The van der Waals surface area contributed by atoms with E-state index in [4.69, 9.17) is 4.74 Å². The van der Waals surface area contributed by atoms with Crippen LogP contribution in [0.3, 0.4) is 0 Å². The van der Waals surface area contributed by atoms with Gasteiger partial charge in [0.1, 0.15) is 5.75 Å². The lowest BCUT2D eigenvalue weighted by atomic mass is 10.1. The first-order valence-corrected chi connectivity index (χ1v) is 7.79. The molecule has 0 saturated heterocycles. The Morgan fingerprint density at radius 3 is 2.39 bits per heavy atom. The Hall–Kier alpha value is -2.33. The predicted octanol–water partition coefficient (Wildman–Crippen LogP) is 2.49. The Balaban J connectivity index is 1.68. The van der Waals surface area contributed by atoms with E-state index in [1.807, 2.05) is 54.4 Å². The van der Waals surface area contributed by atoms with Crippen LogP contribution in [-0.2, 0) is 17.8 Å². The summed E-state index contributed by atoms with van der Waals surface area (Å²) >= 11 is 0. The van der Waals surface area contributed by atoms with Crippen molar-refractivity contribution in [1.29, 1.82) is 0 Å². The van der Waals surface area contributed by atoms with Gasteiger partial charge in [0, 0.05) is 13.1 Å². The molecule has 1 N–H and O–H groups in total. The first-order valence-electron chi connectivity index (χ1n) is 7.79. The molecule has 0 aromatic heterocycles. The largest absolute Gasteiger partial charge is 0.497 e. The Morgan fingerprint density at radius 2 is 1.74 bits per heavy atom. The molecular formula is C19H24N2O2. The van der Waals surface area contributed by atoms with Crippen molar-refractivity contribution in [2.45, 2.75) is 13.0 Å². The van der Waals surface area contributed by atoms with Gasteiger partial charge in [-0.1, -0.05) is 42.5 Å². The van der Waals surface area contributed by atoms with Gasteiger partial charge in [-0.2, -0.15) is 0 Å². The van der Waals surface area contributed by atoms with Gasteiger partial charge in [-0.15, -0.1) is 0 Å². The lowest BCUT2D eigenvalue weighted by Crippen LogP contribution is -2.35. The highest BCUT2D eigenvalue weighted by atomic mass is 16.5. The summed E-state index contributed by atoms with van der Waals surface area (Å²) in [4.78, 5) is 14.0. The minimum atomic E-state index is 0.0527. The van der Waals surface area contributed by atoms with Crippen LogP contribution in [0.4, 0.5) is 0 Å². The summed E-state index contributed by atoms with van der Waals surface area (Å²) in [7, 11) is 3.61. The molecule has 2 aromatic carbocycles. The van der Waals surface area contributed by atoms with E-state index in [0.717, 1.165) is 18.7 Å². The number of methoxy groups -OCH3 is 1. The van der Waals surface area contributed by atoms with Gasteiger partial charge >= 0.3 is 0 Å². The van der Waals surface area contributed by atoms with E-state index >= 15 is 0 Å². The van der Waals surface area contributed by atoms with Crippen molar-refractivity contribution in [2.75, 3.05) is 27.2 Å². The van der Waals surface area contributed by atoms with Crippen molar-refractivity contribution in [3.63, 3.8) is 0 Å². The topological polar surface area (TPSA) is 41.6 Å². The fourth-order valence-corrected chi connectivity index (χ4v) is 2.39. The second-order valence-electron chi connectivity index (χ2n) is 5.61. The molecule has 2 rings (SSSR count). The average molecular weight is 312 g/mol. The van der Waals surface area contributed by atoms with Gasteiger partial charge < -0.3 is 10.1 Å². The number of benzene rings is 2. The van der Waals surface area contributed by atoms with Gasteiger partial charge in [0.25, 0.3) is 0 Å². The minimum Gasteiger partial charge on any atom is -0.497 e. The van der Waals surface area contributed by atoms with Crippen LogP contribution in [0.15, 0.2) is 54.6 Å². The first kappa shape index (κ1) is 17.0. The lowest BCUT2D eigenvalue weighted by Gasteiger charge is -2.16. The highest BCUT2D eigenvalue weighted by Gasteiger charge is 2.06. The molecule has 4 heteroatoms. The molecule has 0 radical (unpaired) electrons. The predicted molar refractivity (Wildman–Crippen MR) is 92.5 cm³/mol. The summed E-state index contributed by atoms with van der Waals surface area (Å²) in [6.07, 6.45) is 0.818. The van der Waals surface area contributed by atoms with Gasteiger partial charge in [0.2, 0.25) is 5.91 Å². The van der Waals surface area contributed by atoms with Crippen molar-refractivity contribution >= 4 is 5.91 Å². The summed E-state index contributed by atoms with van der Waals surface area (Å²) in [6.45, 7) is 1.81. The molecule has 0 aliphatic heterocycles. The molecule has 4 nitrogen and oxygen atoms in total. The average Bonchev–Trinajstić information content (AvgIpc) is 2.56. The maximum absolute atomic E-state index is 12.0. The fourth-order valence-electron chi connectivity index (χ4n) is 2.39. The van der Waals surface area contributed by atoms with E-state index in [2.05, 4.69) is 17.4 Å². The van der Waals surface area contributed by atoms with Gasteiger partial charge in [-0.3, -0.25) is 9.69 Å². The zero-order valence-electron chi connectivity index (χ0n) is 13.8. The number of carbonyl (C=O) groups is 1. The molecule has 0 spiro atoms. The monoisotopic (exact) mass is 312 g/mol. The van der Waals surface area contributed by atoms with Gasteiger partial charge in [-0.25, -0.2) is 0 Å². The van der Waals surface area contributed by atoms with Crippen molar-refractivity contribution in [1.82, 2.24) is 10.2 Å². The van der Waals surface area contributed by atoms with Crippen LogP contribution in [-0.4, -0.2) is 38.1 Å². The number of carbonyl (C=O) groups excluding carboxylic acids is 1. The third kappa shape index (κ3) is 6.12. The maximum atomic E-state index is 12.0. The molecule has 0 unspecified atom stereocenters. The van der Waals surface area contributed by atoms with E-state index in [-0.39, 0.29) is 5.91 Å². The van der Waals surface area contributed by atoms with Gasteiger partial charge in [-0.05, 0) is 36.7 Å². The fraction of sp³-hybridized carbons (Fsp3) is 0.316. The Morgan fingerprint density at radius 1 is 1.04 bits per heavy atom. The maximum Gasteiger partial charge on any atom is 0.234 e. The molecule has 23 heavy (non-hydrogen) atoms. The van der Waals surface area contributed by atoms with Crippen LogP contribution in [0.25, 0.3) is 0 Å². The molecule has 0 bridgehead atoms. The number of nitrogens with one attached hydrogen (secondary N) is 1. The number of likely N-dealkylation sites (N-methyl/N-ethyl adjacent to an activating group) is 1. The van der Waals surface area contributed by atoms with Crippen LogP contribution in [0.5, 0.6) is 5.75 Å². The molecule has 0 atom stereocenters. The minimum absolute atomic E-state index is 0.0527. The summed E-state index contributed by atoms with van der Waals surface area (Å²) in [5.41, 5.74) is 2.39. The number of nitrogens with zero attached hydrogens (tertiary/aromatic N) is 1. The summed E-state index contributed by atoms with van der Waals surface area (Å²) in [5.74, 6) is 0.900. The third-order valence-corrected chi connectivity index (χ3v) is 3.60. The van der Waals surface area contributed by atoms with E-state index < -0.39 is 0 Å². The van der Waals surface area contributed by atoms with Crippen LogP contribution in [0.1, 0.15) is 11.1 Å². The number of rotatable bonds is 8. The third-order valence-electron chi connectivity index (χ3n) is 3.60. The zero-order valence-corrected chi connectivity index (χ0v) is 13.8. The number of hydrogen-bond donors (Lipinski definition) is 1. The molecule has 0 heterocycles. The highest BCUT2D eigenvalue weighted by Crippen LogP contribution is 2.11. The Bertz CT molecular complexity index is 597. The molecule has 122 valence electrons. The zero-order chi connectivity index (χ0) is 16.5.